The van der Waals surface area contributed by atoms with Gasteiger partial charge in [-0.1, -0.05) is 37.3 Å². The fourth-order valence-electron chi connectivity index (χ4n) is 2.93. The molecule has 2 rings (SSSR count). The van der Waals surface area contributed by atoms with Gasteiger partial charge in [0.2, 0.25) is 5.91 Å². The average molecular weight is 311 g/mol. The SMILES string of the molecule is CC1CCC(C)(NC(=O)CC(N)c2ccccc2)CC1.Cl. The van der Waals surface area contributed by atoms with Gasteiger partial charge in [-0.3, -0.25) is 4.79 Å². The molecule has 0 bridgehead atoms. The third-order valence-electron chi connectivity index (χ3n) is 4.45. The van der Waals surface area contributed by atoms with Crippen molar-refractivity contribution in [3.8, 4) is 0 Å². The Morgan fingerprint density at radius 3 is 2.48 bits per heavy atom. The second kappa shape index (κ2) is 7.81. The lowest BCUT2D eigenvalue weighted by atomic mass is 9.78. The molecule has 1 saturated carbocycles. The van der Waals surface area contributed by atoms with E-state index in [4.69, 9.17) is 5.73 Å². The summed E-state index contributed by atoms with van der Waals surface area (Å²) < 4.78 is 0. The highest BCUT2D eigenvalue weighted by Crippen LogP contribution is 2.31. The Balaban J connectivity index is 0.00000220. The summed E-state index contributed by atoms with van der Waals surface area (Å²) in [7, 11) is 0. The van der Waals surface area contributed by atoms with Crippen molar-refractivity contribution in [1.82, 2.24) is 5.32 Å². The molecule has 1 amide bonds. The lowest BCUT2D eigenvalue weighted by Gasteiger charge is -2.37. The van der Waals surface area contributed by atoms with Gasteiger partial charge in [0.05, 0.1) is 0 Å². The van der Waals surface area contributed by atoms with E-state index in [2.05, 4.69) is 19.2 Å². The average Bonchev–Trinajstić information content (AvgIpc) is 2.43. The standard InChI is InChI=1S/C17H26N2O.ClH/c1-13-8-10-17(2,11-9-13)19-16(20)12-15(18)14-6-4-3-5-7-14;/h3-7,13,15H,8-12,18H2,1-2H3,(H,19,20);1H. The van der Waals surface area contributed by atoms with Gasteiger partial charge in [-0.05, 0) is 44.1 Å². The van der Waals surface area contributed by atoms with Gasteiger partial charge >= 0.3 is 0 Å². The molecule has 1 aromatic carbocycles. The third-order valence-corrected chi connectivity index (χ3v) is 4.45. The van der Waals surface area contributed by atoms with Gasteiger partial charge in [0.15, 0.2) is 0 Å². The van der Waals surface area contributed by atoms with Crippen molar-refractivity contribution >= 4 is 18.3 Å². The van der Waals surface area contributed by atoms with Crippen LogP contribution >= 0.6 is 12.4 Å². The monoisotopic (exact) mass is 310 g/mol. The number of amides is 1. The van der Waals surface area contributed by atoms with Crippen LogP contribution in [0.5, 0.6) is 0 Å². The van der Waals surface area contributed by atoms with Crippen LogP contribution in [0.25, 0.3) is 0 Å². The summed E-state index contributed by atoms with van der Waals surface area (Å²) in [5, 5.41) is 3.20. The highest BCUT2D eigenvalue weighted by atomic mass is 35.5. The lowest BCUT2D eigenvalue weighted by Crippen LogP contribution is -2.48. The number of nitrogens with two attached hydrogens (primary N) is 1. The zero-order chi connectivity index (χ0) is 14.6. The molecule has 1 atom stereocenters. The maximum absolute atomic E-state index is 12.2. The summed E-state index contributed by atoms with van der Waals surface area (Å²) in [6.07, 6.45) is 4.89. The minimum Gasteiger partial charge on any atom is -0.351 e. The zero-order valence-corrected chi connectivity index (χ0v) is 13.8. The minimum atomic E-state index is -0.220. The van der Waals surface area contributed by atoms with E-state index in [1.807, 2.05) is 30.3 Å². The highest BCUT2D eigenvalue weighted by Gasteiger charge is 2.31. The van der Waals surface area contributed by atoms with Gasteiger partial charge in [0.1, 0.15) is 0 Å². The number of carbonyl (C=O) groups is 1. The fraction of sp³-hybridized carbons (Fsp3) is 0.588. The quantitative estimate of drug-likeness (QED) is 0.893. The number of benzene rings is 1. The molecule has 0 saturated heterocycles. The van der Waals surface area contributed by atoms with Crippen molar-refractivity contribution in [1.29, 1.82) is 0 Å². The Labute approximate surface area is 134 Å². The molecule has 0 radical (unpaired) electrons. The van der Waals surface area contributed by atoms with Gasteiger partial charge in [-0.25, -0.2) is 0 Å². The summed E-state index contributed by atoms with van der Waals surface area (Å²) in [6, 6.07) is 9.60. The molecule has 1 aromatic rings. The van der Waals surface area contributed by atoms with Gasteiger partial charge in [0.25, 0.3) is 0 Å². The molecule has 3 N–H and O–H groups in total. The first-order valence-electron chi connectivity index (χ1n) is 7.60. The zero-order valence-electron chi connectivity index (χ0n) is 13.0. The number of carbonyl (C=O) groups excluding carboxylic acids is 1. The van der Waals surface area contributed by atoms with Crippen molar-refractivity contribution in [3.63, 3.8) is 0 Å². The van der Waals surface area contributed by atoms with E-state index in [-0.39, 0.29) is 29.9 Å². The molecule has 0 aliphatic heterocycles. The van der Waals surface area contributed by atoms with Gasteiger partial charge in [-0.2, -0.15) is 0 Å². The first-order valence-corrected chi connectivity index (χ1v) is 7.60. The Kier molecular flexibility index (Phi) is 6.69. The smallest absolute Gasteiger partial charge is 0.222 e. The first kappa shape index (κ1) is 18.0. The maximum atomic E-state index is 12.2. The fourth-order valence-corrected chi connectivity index (χ4v) is 2.93. The van der Waals surface area contributed by atoms with E-state index < -0.39 is 0 Å². The van der Waals surface area contributed by atoms with E-state index in [0.717, 1.165) is 24.3 Å². The van der Waals surface area contributed by atoms with Crippen LogP contribution in [0.1, 0.15) is 57.6 Å². The molecular weight excluding hydrogens is 284 g/mol. The largest absolute Gasteiger partial charge is 0.351 e. The van der Waals surface area contributed by atoms with E-state index in [1.165, 1.54) is 12.8 Å². The summed E-state index contributed by atoms with van der Waals surface area (Å²) in [5.41, 5.74) is 7.08. The molecule has 0 aromatic heterocycles. The predicted octanol–water partition coefficient (Wildman–Crippen LogP) is 3.58. The van der Waals surface area contributed by atoms with E-state index >= 15 is 0 Å². The molecule has 1 fully saturated rings. The Bertz CT molecular complexity index is 441. The maximum Gasteiger partial charge on any atom is 0.222 e. The molecule has 0 spiro atoms. The summed E-state index contributed by atoms with van der Waals surface area (Å²) in [4.78, 5) is 12.2. The highest BCUT2D eigenvalue weighted by molar-refractivity contribution is 5.85. The molecule has 1 aliphatic carbocycles. The van der Waals surface area contributed by atoms with Crippen LogP contribution < -0.4 is 11.1 Å². The van der Waals surface area contributed by atoms with Crippen LogP contribution in [0.2, 0.25) is 0 Å². The van der Waals surface area contributed by atoms with E-state index in [9.17, 15) is 4.79 Å². The molecule has 1 aliphatic rings. The van der Waals surface area contributed by atoms with Crippen LogP contribution in [0.15, 0.2) is 30.3 Å². The Morgan fingerprint density at radius 1 is 1.33 bits per heavy atom. The van der Waals surface area contributed by atoms with E-state index in [0.29, 0.717) is 6.42 Å². The number of hydrogen-bond acceptors (Lipinski definition) is 2. The molecule has 4 heteroatoms. The minimum absolute atomic E-state index is 0. The normalized spacial score (nSPS) is 26.5. The topological polar surface area (TPSA) is 55.1 Å². The molecule has 118 valence electrons. The lowest BCUT2D eigenvalue weighted by molar-refractivity contribution is -0.123. The summed E-state index contributed by atoms with van der Waals surface area (Å²) >= 11 is 0. The number of hydrogen-bond donors (Lipinski definition) is 2. The van der Waals surface area contributed by atoms with Crippen molar-refractivity contribution < 1.29 is 4.79 Å². The molecular formula is C17H27ClN2O. The van der Waals surface area contributed by atoms with Crippen molar-refractivity contribution in [3.05, 3.63) is 35.9 Å². The molecule has 1 unspecified atom stereocenters. The van der Waals surface area contributed by atoms with Crippen LogP contribution in [0.3, 0.4) is 0 Å². The van der Waals surface area contributed by atoms with Crippen LogP contribution in [-0.4, -0.2) is 11.4 Å². The van der Waals surface area contributed by atoms with Crippen LogP contribution in [-0.2, 0) is 4.79 Å². The summed E-state index contributed by atoms with van der Waals surface area (Å²) in [5.74, 6) is 0.852. The Hall–Kier alpha value is -1.06. The van der Waals surface area contributed by atoms with Crippen LogP contribution in [0, 0.1) is 5.92 Å². The number of nitrogens with one attached hydrogen (secondary N) is 1. The third kappa shape index (κ3) is 5.33. The summed E-state index contributed by atoms with van der Waals surface area (Å²) in [6.45, 7) is 4.44. The predicted molar refractivity (Wildman–Crippen MR) is 89.4 cm³/mol. The second-order valence-corrected chi connectivity index (χ2v) is 6.51. The van der Waals surface area contributed by atoms with E-state index in [1.54, 1.807) is 0 Å². The first-order chi connectivity index (χ1) is 9.48. The second-order valence-electron chi connectivity index (χ2n) is 6.51. The van der Waals surface area contributed by atoms with Crippen molar-refractivity contribution in [2.45, 2.75) is 57.5 Å². The van der Waals surface area contributed by atoms with Gasteiger partial charge in [0, 0.05) is 18.0 Å². The molecule has 3 nitrogen and oxygen atoms in total. The van der Waals surface area contributed by atoms with Gasteiger partial charge in [-0.15, -0.1) is 12.4 Å². The van der Waals surface area contributed by atoms with Gasteiger partial charge < -0.3 is 11.1 Å². The molecule has 0 heterocycles. The number of rotatable bonds is 4. The molecule has 21 heavy (non-hydrogen) atoms. The van der Waals surface area contributed by atoms with Crippen molar-refractivity contribution in [2.75, 3.05) is 0 Å². The van der Waals surface area contributed by atoms with Crippen molar-refractivity contribution in [2.24, 2.45) is 11.7 Å². The Morgan fingerprint density at radius 2 is 1.90 bits per heavy atom. The van der Waals surface area contributed by atoms with Crippen LogP contribution in [0.4, 0.5) is 0 Å². The number of halogens is 1.